The lowest BCUT2D eigenvalue weighted by Crippen LogP contribution is -2.44. The molecule has 1 saturated carbocycles. The van der Waals surface area contributed by atoms with Crippen molar-refractivity contribution < 1.29 is 9.53 Å². The molecular weight excluding hydrogens is 178 g/mol. The lowest BCUT2D eigenvalue weighted by Gasteiger charge is -2.47. The number of hydrogen-bond acceptors (Lipinski definition) is 2. The molecule has 0 spiro atoms. The number of rotatable bonds is 5. The highest BCUT2D eigenvalue weighted by Crippen LogP contribution is 2.49. The molecule has 0 atom stereocenters. The molecule has 0 unspecified atom stereocenters. The van der Waals surface area contributed by atoms with E-state index < -0.39 is 6.09 Å². The van der Waals surface area contributed by atoms with Crippen molar-refractivity contribution in [1.29, 1.82) is 0 Å². The van der Waals surface area contributed by atoms with Gasteiger partial charge in [-0.25, -0.2) is 4.79 Å². The maximum Gasteiger partial charge on any atom is 0.404 e. The minimum absolute atomic E-state index is 0.0885. The standard InChI is InChI=1S/C11H21NO2/c1-3-5-11(6-4-2)7-9(8-11)14-10(12)13/h9H,3-8H2,1-2H3,(H2,12,13). The van der Waals surface area contributed by atoms with Gasteiger partial charge >= 0.3 is 6.09 Å². The van der Waals surface area contributed by atoms with Gasteiger partial charge < -0.3 is 10.5 Å². The van der Waals surface area contributed by atoms with E-state index in [1.807, 2.05) is 0 Å². The second-order valence-electron chi connectivity index (χ2n) is 4.47. The van der Waals surface area contributed by atoms with E-state index in [0.717, 1.165) is 12.8 Å². The summed E-state index contributed by atoms with van der Waals surface area (Å²) in [7, 11) is 0. The molecule has 0 heterocycles. The Morgan fingerprint density at radius 2 is 1.86 bits per heavy atom. The minimum atomic E-state index is -0.628. The fraction of sp³-hybridized carbons (Fsp3) is 0.909. The van der Waals surface area contributed by atoms with E-state index in [9.17, 15) is 4.79 Å². The Labute approximate surface area is 86.0 Å². The number of hydrogen-bond donors (Lipinski definition) is 1. The van der Waals surface area contributed by atoms with Gasteiger partial charge in [-0.15, -0.1) is 0 Å². The Bertz CT molecular complexity index is 189. The van der Waals surface area contributed by atoms with Gasteiger partial charge in [0.15, 0.2) is 0 Å². The fourth-order valence-electron chi connectivity index (χ4n) is 2.75. The first kappa shape index (κ1) is 11.3. The Balaban J connectivity index is 2.34. The molecule has 0 bridgehead atoms. The molecule has 3 heteroatoms. The van der Waals surface area contributed by atoms with Crippen molar-refractivity contribution in [2.45, 2.75) is 58.5 Å². The van der Waals surface area contributed by atoms with Gasteiger partial charge in [0.2, 0.25) is 0 Å². The van der Waals surface area contributed by atoms with Crippen LogP contribution in [-0.4, -0.2) is 12.2 Å². The first-order valence-corrected chi connectivity index (χ1v) is 5.58. The number of carbonyl (C=O) groups is 1. The SMILES string of the molecule is CCCC1(CCC)CC(OC(N)=O)C1. The number of ether oxygens (including phenoxy) is 1. The van der Waals surface area contributed by atoms with Crippen LogP contribution in [0.15, 0.2) is 0 Å². The molecule has 0 saturated heterocycles. The maximum absolute atomic E-state index is 10.5. The van der Waals surface area contributed by atoms with Crippen LogP contribution in [-0.2, 0) is 4.74 Å². The number of amides is 1. The summed E-state index contributed by atoms with van der Waals surface area (Å²) in [5.41, 5.74) is 5.43. The summed E-state index contributed by atoms with van der Waals surface area (Å²) in [4.78, 5) is 10.5. The molecule has 3 nitrogen and oxygen atoms in total. The Morgan fingerprint density at radius 1 is 1.36 bits per heavy atom. The van der Waals surface area contributed by atoms with Crippen molar-refractivity contribution in [3.63, 3.8) is 0 Å². The first-order chi connectivity index (χ1) is 6.62. The summed E-state index contributed by atoms with van der Waals surface area (Å²) < 4.78 is 4.97. The fourth-order valence-corrected chi connectivity index (χ4v) is 2.75. The van der Waals surface area contributed by atoms with Gasteiger partial charge in [0, 0.05) is 0 Å². The van der Waals surface area contributed by atoms with E-state index in [4.69, 9.17) is 10.5 Å². The molecule has 1 aliphatic carbocycles. The number of carbonyl (C=O) groups excluding carboxylic acids is 1. The molecule has 0 radical (unpaired) electrons. The van der Waals surface area contributed by atoms with Crippen LogP contribution in [0.5, 0.6) is 0 Å². The molecule has 1 fully saturated rings. The first-order valence-electron chi connectivity index (χ1n) is 5.58. The van der Waals surface area contributed by atoms with E-state index in [0.29, 0.717) is 5.41 Å². The maximum atomic E-state index is 10.5. The zero-order valence-electron chi connectivity index (χ0n) is 9.21. The van der Waals surface area contributed by atoms with E-state index in [1.54, 1.807) is 0 Å². The number of nitrogens with two attached hydrogens (primary N) is 1. The smallest absolute Gasteiger partial charge is 0.404 e. The van der Waals surface area contributed by atoms with Crippen LogP contribution in [0.25, 0.3) is 0 Å². The molecule has 0 aromatic carbocycles. The third-order valence-electron chi connectivity index (χ3n) is 3.16. The van der Waals surface area contributed by atoms with E-state index >= 15 is 0 Å². The highest BCUT2D eigenvalue weighted by Gasteiger charge is 2.44. The third kappa shape index (κ3) is 2.63. The summed E-state index contributed by atoms with van der Waals surface area (Å²) in [5, 5.41) is 0. The average molecular weight is 199 g/mol. The lowest BCUT2D eigenvalue weighted by atomic mass is 9.62. The van der Waals surface area contributed by atoms with Crippen molar-refractivity contribution in [3.05, 3.63) is 0 Å². The molecule has 82 valence electrons. The molecule has 1 aliphatic rings. The van der Waals surface area contributed by atoms with Crippen molar-refractivity contribution in [3.8, 4) is 0 Å². The zero-order chi connectivity index (χ0) is 10.6. The van der Waals surface area contributed by atoms with Crippen LogP contribution in [0, 0.1) is 5.41 Å². The van der Waals surface area contributed by atoms with Gasteiger partial charge in [0.25, 0.3) is 0 Å². The third-order valence-corrected chi connectivity index (χ3v) is 3.16. The predicted octanol–water partition coefficient (Wildman–Crippen LogP) is 2.83. The van der Waals surface area contributed by atoms with Crippen LogP contribution in [0.4, 0.5) is 4.79 Å². The van der Waals surface area contributed by atoms with Crippen LogP contribution in [0.2, 0.25) is 0 Å². The van der Waals surface area contributed by atoms with E-state index in [2.05, 4.69) is 13.8 Å². The van der Waals surface area contributed by atoms with Gasteiger partial charge in [-0.05, 0) is 31.1 Å². The quantitative estimate of drug-likeness (QED) is 0.740. The molecular formula is C11H21NO2. The van der Waals surface area contributed by atoms with E-state index in [1.165, 1.54) is 25.7 Å². The second kappa shape index (κ2) is 4.67. The summed E-state index contributed by atoms with van der Waals surface area (Å²) >= 11 is 0. The van der Waals surface area contributed by atoms with Gasteiger partial charge in [0.1, 0.15) is 6.10 Å². The van der Waals surface area contributed by atoms with Gasteiger partial charge in [-0.3, -0.25) is 0 Å². The van der Waals surface area contributed by atoms with Gasteiger partial charge in [0.05, 0.1) is 0 Å². The van der Waals surface area contributed by atoms with E-state index in [-0.39, 0.29) is 6.10 Å². The van der Waals surface area contributed by atoms with Crippen LogP contribution in [0.3, 0.4) is 0 Å². The average Bonchev–Trinajstić information content (AvgIpc) is 2.01. The highest BCUT2D eigenvalue weighted by atomic mass is 16.6. The summed E-state index contributed by atoms with van der Waals surface area (Å²) in [5.74, 6) is 0. The van der Waals surface area contributed by atoms with Crippen molar-refractivity contribution >= 4 is 6.09 Å². The van der Waals surface area contributed by atoms with Gasteiger partial charge in [-0.2, -0.15) is 0 Å². The van der Waals surface area contributed by atoms with Crippen molar-refractivity contribution in [2.24, 2.45) is 11.1 Å². The van der Waals surface area contributed by atoms with Crippen LogP contribution < -0.4 is 5.73 Å². The van der Waals surface area contributed by atoms with Crippen molar-refractivity contribution in [1.82, 2.24) is 0 Å². The Hall–Kier alpha value is -0.730. The second-order valence-corrected chi connectivity index (χ2v) is 4.47. The number of primary amides is 1. The molecule has 2 N–H and O–H groups in total. The largest absolute Gasteiger partial charge is 0.446 e. The Kier molecular flexibility index (Phi) is 3.78. The van der Waals surface area contributed by atoms with Crippen LogP contribution in [0.1, 0.15) is 52.4 Å². The van der Waals surface area contributed by atoms with Crippen molar-refractivity contribution in [2.75, 3.05) is 0 Å². The zero-order valence-corrected chi connectivity index (χ0v) is 9.21. The van der Waals surface area contributed by atoms with Crippen LogP contribution >= 0.6 is 0 Å². The molecule has 1 amide bonds. The molecule has 14 heavy (non-hydrogen) atoms. The summed E-state index contributed by atoms with van der Waals surface area (Å²) in [6.45, 7) is 4.42. The molecule has 1 rings (SSSR count). The monoisotopic (exact) mass is 199 g/mol. The van der Waals surface area contributed by atoms with Gasteiger partial charge in [-0.1, -0.05) is 26.7 Å². The minimum Gasteiger partial charge on any atom is -0.446 e. The molecule has 0 aromatic rings. The molecule has 0 aromatic heterocycles. The summed E-state index contributed by atoms with van der Waals surface area (Å²) in [6, 6.07) is 0. The Morgan fingerprint density at radius 3 is 2.21 bits per heavy atom. The molecule has 0 aliphatic heterocycles. The summed E-state index contributed by atoms with van der Waals surface area (Å²) in [6.07, 6.45) is 6.41. The predicted molar refractivity (Wildman–Crippen MR) is 55.9 cm³/mol. The normalized spacial score (nSPS) is 20.1. The topological polar surface area (TPSA) is 52.3 Å². The highest BCUT2D eigenvalue weighted by molar-refractivity contribution is 5.64. The lowest BCUT2D eigenvalue weighted by molar-refractivity contribution is -0.0496.